The van der Waals surface area contributed by atoms with Crippen LogP contribution >= 0.6 is 0 Å². The van der Waals surface area contributed by atoms with E-state index in [2.05, 4.69) is 12.7 Å². The summed E-state index contributed by atoms with van der Waals surface area (Å²) in [6, 6.07) is 34.5. The van der Waals surface area contributed by atoms with E-state index in [-0.39, 0.29) is 62.2 Å². The number of aliphatic hydroxyl groups excluding tert-OH is 2. The summed E-state index contributed by atoms with van der Waals surface area (Å²) in [7, 11) is 1.79. The van der Waals surface area contributed by atoms with Crippen molar-refractivity contribution in [1.29, 1.82) is 0 Å². The maximum absolute atomic E-state index is 14.9. The van der Waals surface area contributed by atoms with Gasteiger partial charge in [0.2, 0.25) is 5.79 Å². The van der Waals surface area contributed by atoms with Gasteiger partial charge in [0.05, 0.1) is 29.2 Å². The van der Waals surface area contributed by atoms with Crippen molar-refractivity contribution in [3.8, 4) is 17.2 Å². The molecule has 0 saturated heterocycles. The molecule has 12 heteroatoms. The Morgan fingerprint density at radius 1 is 0.906 bits per heavy atom. The van der Waals surface area contributed by atoms with Crippen LogP contribution in [0.5, 0.6) is 17.2 Å². The number of hydrogen-bond acceptors (Lipinski definition) is 10. The Balaban J connectivity index is 1.31. The third-order valence-corrected chi connectivity index (χ3v) is 12.9. The van der Waals surface area contributed by atoms with Gasteiger partial charge in [0.25, 0.3) is 11.6 Å². The van der Waals surface area contributed by atoms with E-state index in [0.29, 0.717) is 41.4 Å². The van der Waals surface area contributed by atoms with Crippen LogP contribution in [0.2, 0.25) is 0 Å². The van der Waals surface area contributed by atoms with E-state index in [1.165, 1.54) is 12.1 Å². The second kappa shape index (κ2) is 20.0. The minimum atomic E-state index is -1.44. The Kier molecular flexibility index (Phi) is 13.8. The van der Waals surface area contributed by atoms with Crippen LogP contribution < -0.4 is 9.47 Å². The van der Waals surface area contributed by atoms with E-state index in [1.54, 1.807) is 36.2 Å². The standard InChI is InChI=1S/C52H55N3O9/c1-3-28-61-52-48(54(2)51(58)39-23-22-36-16-7-8-17-37(36)29-39)33-46(53-62-34-35-14-5-4-6-15-35)44-30-38(18-9-11-26-56)43(21-10-12-27-57)49(50(44)52)45-32-42(24-25-47(45)64-52)63-41-20-13-19-40(31-41)55(59)60/h3-8,13-17,19-20,22-25,29-32,38,43,48-50,56-57H,1,9-12,18,21,26-28,33-34H2,2H3. The quantitative estimate of drug-likeness (QED) is 0.0357. The lowest BCUT2D eigenvalue weighted by Crippen LogP contribution is -2.69. The van der Waals surface area contributed by atoms with Gasteiger partial charge in [-0.2, -0.15) is 0 Å². The largest absolute Gasteiger partial charge is 0.459 e. The first kappa shape index (κ1) is 44.3. The summed E-state index contributed by atoms with van der Waals surface area (Å²) in [5.41, 5.74) is 3.85. The summed E-state index contributed by atoms with van der Waals surface area (Å²) < 4.78 is 20.7. The highest BCUT2D eigenvalue weighted by Crippen LogP contribution is 2.62. The Labute approximate surface area is 373 Å². The van der Waals surface area contributed by atoms with Gasteiger partial charge in [-0.15, -0.1) is 6.58 Å². The van der Waals surface area contributed by atoms with Crippen LogP contribution in [0.25, 0.3) is 10.8 Å². The number of carbonyl (C=O) groups excluding carboxylic acids is 1. The molecule has 1 saturated carbocycles. The second-order valence-electron chi connectivity index (χ2n) is 16.9. The van der Waals surface area contributed by atoms with Gasteiger partial charge in [-0.05, 0) is 95.8 Å². The zero-order chi connectivity index (χ0) is 44.6. The Morgan fingerprint density at radius 2 is 1.66 bits per heavy atom. The number of allylic oxidation sites excluding steroid dienone is 1. The molecule has 0 radical (unpaired) electrons. The van der Waals surface area contributed by atoms with Gasteiger partial charge in [0.15, 0.2) is 0 Å². The smallest absolute Gasteiger partial charge is 0.273 e. The minimum absolute atomic E-state index is 0.00635. The molecular formula is C52H55N3O9. The summed E-state index contributed by atoms with van der Waals surface area (Å²) in [6.07, 6.45) is 8.61. The predicted molar refractivity (Wildman–Crippen MR) is 245 cm³/mol. The van der Waals surface area contributed by atoms with Crippen molar-refractivity contribution in [2.24, 2.45) is 22.9 Å². The lowest BCUT2D eigenvalue weighted by molar-refractivity contribution is -0.384. The number of aliphatic hydroxyl groups is 2. The number of likely N-dealkylation sites (N-methyl/N-ethyl adjacent to an activating group) is 1. The molecule has 1 heterocycles. The number of nitro benzene ring substituents is 1. The number of ether oxygens (including phenoxy) is 3. The van der Waals surface area contributed by atoms with Crippen molar-refractivity contribution in [2.75, 3.05) is 26.9 Å². The van der Waals surface area contributed by atoms with Gasteiger partial charge in [-0.3, -0.25) is 14.9 Å². The SMILES string of the molecule is C=CCOC12Oc3ccc(Oc4cccc([N+](=O)[O-])c4)cc3C3C(CCCCO)C(CCCCO)C=C(C(=NOCc4ccccc4)CC1N(C)C(=O)c1ccc4ccccc4c1)C32. The molecular weight excluding hydrogens is 811 g/mol. The van der Waals surface area contributed by atoms with E-state index in [0.717, 1.165) is 53.2 Å². The monoisotopic (exact) mass is 865 g/mol. The molecule has 0 bridgehead atoms. The van der Waals surface area contributed by atoms with E-state index in [9.17, 15) is 25.1 Å². The topological polar surface area (TPSA) is 153 Å². The maximum Gasteiger partial charge on any atom is 0.273 e. The molecule has 6 unspecified atom stereocenters. The van der Waals surface area contributed by atoms with Crippen LogP contribution in [-0.4, -0.2) is 70.4 Å². The third kappa shape index (κ3) is 9.17. The van der Waals surface area contributed by atoms with E-state index in [1.807, 2.05) is 84.9 Å². The number of benzene rings is 5. The average Bonchev–Trinajstić information content (AvgIpc) is 3.32. The number of oxime groups is 1. The van der Waals surface area contributed by atoms with Crippen molar-refractivity contribution in [2.45, 2.75) is 69.3 Å². The molecule has 1 fully saturated rings. The van der Waals surface area contributed by atoms with E-state index >= 15 is 0 Å². The molecule has 1 aliphatic heterocycles. The van der Waals surface area contributed by atoms with Gasteiger partial charge < -0.3 is 34.2 Å². The summed E-state index contributed by atoms with van der Waals surface area (Å²) in [5.74, 6) is -1.08. The normalized spacial score (nSPS) is 22.7. The molecule has 8 rings (SSSR count). The number of carbonyl (C=O) groups is 1. The molecule has 6 atom stereocenters. The fourth-order valence-electron chi connectivity index (χ4n) is 10.0. The van der Waals surface area contributed by atoms with Gasteiger partial charge in [0, 0.05) is 49.8 Å². The first-order chi connectivity index (χ1) is 31.2. The summed E-state index contributed by atoms with van der Waals surface area (Å²) in [5, 5.41) is 38.5. The molecule has 5 aromatic rings. The average molecular weight is 866 g/mol. The zero-order valence-corrected chi connectivity index (χ0v) is 36.1. The number of hydrogen-bond donors (Lipinski definition) is 2. The molecule has 0 aromatic heterocycles. The molecule has 64 heavy (non-hydrogen) atoms. The van der Waals surface area contributed by atoms with Crippen LogP contribution in [0, 0.1) is 27.9 Å². The first-order valence-corrected chi connectivity index (χ1v) is 22.2. The van der Waals surface area contributed by atoms with Gasteiger partial charge in [-0.25, -0.2) is 0 Å². The van der Waals surface area contributed by atoms with Crippen molar-refractivity contribution in [3.63, 3.8) is 0 Å². The summed E-state index contributed by atoms with van der Waals surface area (Å²) >= 11 is 0. The summed E-state index contributed by atoms with van der Waals surface area (Å²) in [4.78, 5) is 34.1. The number of fused-ring (bicyclic) bond motifs is 3. The second-order valence-corrected chi connectivity index (χ2v) is 16.9. The minimum Gasteiger partial charge on any atom is -0.459 e. The fraction of sp³-hybridized carbons (Fsp3) is 0.346. The lowest BCUT2D eigenvalue weighted by atomic mass is 9.55. The van der Waals surface area contributed by atoms with Crippen molar-refractivity contribution < 1.29 is 39.0 Å². The highest BCUT2D eigenvalue weighted by atomic mass is 16.7. The highest BCUT2D eigenvalue weighted by molar-refractivity contribution is 6.04. The van der Waals surface area contributed by atoms with Gasteiger partial charge >= 0.3 is 0 Å². The number of non-ortho nitro benzene ring substituents is 1. The Hall–Kier alpha value is -6.34. The number of amides is 1. The predicted octanol–water partition coefficient (Wildman–Crippen LogP) is 10.1. The molecule has 0 spiro atoms. The molecule has 2 aliphatic carbocycles. The van der Waals surface area contributed by atoms with Crippen LogP contribution in [0.3, 0.4) is 0 Å². The van der Waals surface area contributed by atoms with Crippen LogP contribution in [-0.2, 0) is 16.2 Å². The fourth-order valence-corrected chi connectivity index (χ4v) is 10.0. The summed E-state index contributed by atoms with van der Waals surface area (Å²) in [6.45, 7) is 4.53. The molecule has 1 amide bonds. The van der Waals surface area contributed by atoms with Crippen LogP contribution in [0.1, 0.15) is 72.3 Å². The van der Waals surface area contributed by atoms with Crippen LogP contribution in [0.15, 0.2) is 145 Å². The maximum atomic E-state index is 14.9. The Morgan fingerprint density at radius 3 is 2.42 bits per heavy atom. The van der Waals surface area contributed by atoms with Gasteiger partial charge in [-0.1, -0.05) is 96.9 Å². The van der Waals surface area contributed by atoms with Crippen molar-refractivity contribution in [3.05, 3.63) is 166 Å². The molecule has 332 valence electrons. The van der Waals surface area contributed by atoms with Crippen molar-refractivity contribution in [1.82, 2.24) is 4.90 Å². The van der Waals surface area contributed by atoms with Gasteiger partial charge in [0.1, 0.15) is 29.9 Å². The number of nitrogens with zero attached hydrogens (tertiary/aromatic N) is 3. The number of unbranched alkanes of at least 4 members (excludes halogenated alkanes) is 2. The zero-order valence-electron chi connectivity index (χ0n) is 36.1. The molecule has 3 aliphatic rings. The van der Waals surface area contributed by atoms with E-state index in [4.69, 9.17) is 24.2 Å². The molecule has 2 N–H and O–H groups in total. The van der Waals surface area contributed by atoms with Crippen LogP contribution in [0.4, 0.5) is 5.69 Å². The molecule has 5 aromatic carbocycles. The first-order valence-electron chi connectivity index (χ1n) is 22.2. The lowest BCUT2D eigenvalue weighted by Gasteiger charge is -2.59. The number of nitro groups is 1. The number of rotatable bonds is 19. The Bertz CT molecular complexity index is 2520. The molecule has 12 nitrogen and oxygen atoms in total. The third-order valence-electron chi connectivity index (χ3n) is 12.9. The van der Waals surface area contributed by atoms with Crippen molar-refractivity contribution >= 4 is 28.1 Å². The van der Waals surface area contributed by atoms with E-state index < -0.39 is 22.7 Å². The highest BCUT2D eigenvalue weighted by Gasteiger charge is 2.65.